The normalized spacial score (nSPS) is 20.8. The van der Waals surface area contributed by atoms with Gasteiger partial charge in [-0.25, -0.2) is 0 Å². The molecule has 3 rings (SSSR count). The summed E-state index contributed by atoms with van der Waals surface area (Å²) in [7, 11) is 0. The third kappa shape index (κ3) is 5.06. The number of hydrogen-bond donors (Lipinski definition) is 0. The molecule has 1 atom stereocenters. The summed E-state index contributed by atoms with van der Waals surface area (Å²) in [4.78, 5) is 0. The molecule has 0 heterocycles. The summed E-state index contributed by atoms with van der Waals surface area (Å²) in [5, 5.41) is 23.1. The zero-order chi connectivity index (χ0) is 16.7. The predicted octanol–water partition coefficient (Wildman–Crippen LogP) is -2.03. The second-order valence-corrected chi connectivity index (χ2v) is 7.99. The minimum absolute atomic E-state index is 0. The fourth-order valence-corrected chi connectivity index (χ4v) is 4.73. The standard InChI is InChI=1S/C21H26O2.2Na/c1-15-12-20(2,3)14-21(13-15,16-4-8-18(22)9-5-16)17-6-10-19(23)11-7-17;;/h4-11,15,22-23H,12-14H2,1-3H3;;/q;2*+1/p-2. The molecule has 0 radical (unpaired) electrons. The third-order valence-corrected chi connectivity index (χ3v) is 5.19. The van der Waals surface area contributed by atoms with Crippen LogP contribution in [0.3, 0.4) is 0 Å². The Hall–Kier alpha value is 0.0400. The van der Waals surface area contributed by atoms with Gasteiger partial charge in [0.1, 0.15) is 0 Å². The van der Waals surface area contributed by atoms with Crippen LogP contribution in [-0.2, 0) is 5.41 Å². The Balaban J connectivity index is 0.00000156. The van der Waals surface area contributed by atoms with Gasteiger partial charge in [-0.3, -0.25) is 0 Å². The smallest absolute Gasteiger partial charge is 0.872 e. The van der Waals surface area contributed by atoms with Crippen molar-refractivity contribution in [1.82, 2.24) is 0 Å². The van der Waals surface area contributed by atoms with Crippen LogP contribution in [0.25, 0.3) is 0 Å². The minimum Gasteiger partial charge on any atom is -0.872 e. The average molecular weight is 354 g/mol. The van der Waals surface area contributed by atoms with E-state index in [-0.39, 0.29) is 81.4 Å². The first-order valence-corrected chi connectivity index (χ1v) is 8.36. The Morgan fingerprint density at radius 3 is 1.52 bits per heavy atom. The van der Waals surface area contributed by atoms with E-state index in [1.54, 1.807) is 24.3 Å². The van der Waals surface area contributed by atoms with Crippen LogP contribution in [-0.4, -0.2) is 0 Å². The Labute approximate surface area is 195 Å². The average Bonchev–Trinajstić information content (AvgIpc) is 2.46. The van der Waals surface area contributed by atoms with Crippen molar-refractivity contribution < 1.29 is 69.3 Å². The van der Waals surface area contributed by atoms with Gasteiger partial charge in [0.15, 0.2) is 0 Å². The second kappa shape index (κ2) is 8.82. The molecule has 25 heavy (non-hydrogen) atoms. The van der Waals surface area contributed by atoms with E-state index in [1.165, 1.54) is 17.5 Å². The Morgan fingerprint density at radius 2 is 1.16 bits per heavy atom. The first-order valence-electron chi connectivity index (χ1n) is 8.36. The molecule has 1 aliphatic carbocycles. The van der Waals surface area contributed by atoms with Gasteiger partial charge in [-0.05, 0) is 41.7 Å². The summed E-state index contributed by atoms with van der Waals surface area (Å²) in [6.45, 7) is 6.95. The molecular formula is C21H24Na2O2. The van der Waals surface area contributed by atoms with Crippen LogP contribution in [0.1, 0.15) is 51.2 Å². The van der Waals surface area contributed by atoms with E-state index in [2.05, 4.69) is 20.8 Å². The predicted molar refractivity (Wildman–Crippen MR) is 89.4 cm³/mol. The third-order valence-electron chi connectivity index (χ3n) is 5.19. The summed E-state index contributed by atoms with van der Waals surface area (Å²) in [5.74, 6) is 0.682. The zero-order valence-corrected chi connectivity index (χ0v) is 20.1. The van der Waals surface area contributed by atoms with Crippen LogP contribution in [0.5, 0.6) is 11.5 Å². The van der Waals surface area contributed by atoms with Gasteiger partial charge in [-0.15, -0.1) is 11.5 Å². The Morgan fingerprint density at radius 1 is 0.760 bits per heavy atom. The van der Waals surface area contributed by atoms with Crippen molar-refractivity contribution in [2.75, 3.05) is 0 Å². The molecule has 0 spiro atoms. The van der Waals surface area contributed by atoms with Gasteiger partial charge in [-0.2, -0.15) is 0 Å². The van der Waals surface area contributed by atoms with Crippen LogP contribution in [0.2, 0.25) is 0 Å². The molecule has 0 bridgehead atoms. The topological polar surface area (TPSA) is 46.1 Å². The molecule has 2 nitrogen and oxygen atoms in total. The summed E-state index contributed by atoms with van der Waals surface area (Å²) < 4.78 is 0. The fourth-order valence-electron chi connectivity index (χ4n) is 4.73. The Bertz CT molecular complexity index is 633. The summed E-state index contributed by atoms with van der Waals surface area (Å²) in [5.41, 5.74) is 2.48. The molecule has 0 N–H and O–H groups in total. The van der Waals surface area contributed by atoms with Gasteiger partial charge in [0.2, 0.25) is 0 Å². The van der Waals surface area contributed by atoms with E-state index in [4.69, 9.17) is 0 Å². The maximum absolute atomic E-state index is 11.5. The largest absolute Gasteiger partial charge is 1.00 e. The van der Waals surface area contributed by atoms with Crippen LogP contribution in [0, 0.1) is 11.3 Å². The summed E-state index contributed by atoms with van der Waals surface area (Å²) >= 11 is 0. The summed E-state index contributed by atoms with van der Waals surface area (Å²) in [6.07, 6.45) is 3.28. The monoisotopic (exact) mass is 354 g/mol. The number of rotatable bonds is 2. The SMILES string of the molecule is CC1CC(C)(C)CC(c2ccc([O-])cc2)(c2ccc([O-])cc2)C1.[Na+].[Na+]. The number of hydrogen-bond acceptors (Lipinski definition) is 2. The van der Waals surface area contributed by atoms with Gasteiger partial charge >= 0.3 is 59.1 Å². The molecular weight excluding hydrogens is 330 g/mol. The van der Waals surface area contributed by atoms with Crippen LogP contribution >= 0.6 is 0 Å². The van der Waals surface area contributed by atoms with Gasteiger partial charge in [0.25, 0.3) is 0 Å². The maximum atomic E-state index is 11.5. The van der Waals surface area contributed by atoms with Crippen molar-refractivity contribution in [3.63, 3.8) is 0 Å². The molecule has 4 heteroatoms. The van der Waals surface area contributed by atoms with Crippen molar-refractivity contribution in [2.24, 2.45) is 11.3 Å². The molecule has 1 fully saturated rings. The van der Waals surface area contributed by atoms with Gasteiger partial charge < -0.3 is 10.2 Å². The van der Waals surface area contributed by atoms with Gasteiger partial charge in [0, 0.05) is 5.41 Å². The van der Waals surface area contributed by atoms with Gasteiger partial charge in [-0.1, -0.05) is 69.3 Å². The van der Waals surface area contributed by atoms with Crippen LogP contribution < -0.4 is 69.3 Å². The van der Waals surface area contributed by atoms with Crippen molar-refractivity contribution in [3.05, 3.63) is 59.7 Å². The Kier molecular flexibility index (Phi) is 8.14. The van der Waals surface area contributed by atoms with E-state index in [9.17, 15) is 10.2 Å². The molecule has 0 aliphatic heterocycles. The fraction of sp³-hybridized carbons (Fsp3) is 0.429. The molecule has 0 amide bonds. The maximum Gasteiger partial charge on any atom is 1.00 e. The quantitative estimate of drug-likeness (QED) is 0.585. The van der Waals surface area contributed by atoms with Crippen LogP contribution in [0.4, 0.5) is 0 Å². The van der Waals surface area contributed by atoms with Crippen molar-refractivity contribution in [1.29, 1.82) is 0 Å². The van der Waals surface area contributed by atoms with E-state index in [0.717, 1.165) is 12.8 Å². The van der Waals surface area contributed by atoms with E-state index < -0.39 is 0 Å². The van der Waals surface area contributed by atoms with Crippen LogP contribution in [0.15, 0.2) is 48.5 Å². The van der Waals surface area contributed by atoms with Gasteiger partial charge in [0.05, 0.1) is 0 Å². The molecule has 1 aliphatic rings. The van der Waals surface area contributed by atoms with E-state index >= 15 is 0 Å². The molecule has 0 aromatic heterocycles. The number of benzene rings is 2. The molecule has 122 valence electrons. The van der Waals surface area contributed by atoms with Crippen molar-refractivity contribution in [3.8, 4) is 11.5 Å². The van der Waals surface area contributed by atoms with E-state index in [1.807, 2.05) is 24.3 Å². The molecule has 2 aromatic carbocycles. The van der Waals surface area contributed by atoms with Crippen molar-refractivity contribution >= 4 is 0 Å². The zero-order valence-electron chi connectivity index (χ0n) is 16.1. The molecule has 1 saturated carbocycles. The molecule has 0 saturated heterocycles. The summed E-state index contributed by atoms with van der Waals surface area (Å²) in [6, 6.07) is 14.5. The van der Waals surface area contributed by atoms with Crippen molar-refractivity contribution in [2.45, 2.75) is 45.4 Å². The molecule has 1 unspecified atom stereocenters. The first kappa shape index (κ1) is 23.1. The second-order valence-electron chi connectivity index (χ2n) is 7.99. The van der Waals surface area contributed by atoms with E-state index in [0.29, 0.717) is 5.92 Å². The first-order chi connectivity index (χ1) is 10.8. The minimum atomic E-state index is -0.122. The molecule has 2 aromatic rings.